The van der Waals surface area contributed by atoms with Crippen LogP contribution in [-0.4, -0.2) is 51.3 Å². The summed E-state index contributed by atoms with van der Waals surface area (Å²) in [5.74, 6) is 0.648. The average Bonchev–Trinajstić information content (AvgIpc) is 3.15. The lowest BCUT2D eigenvalue weighted by Crippen LogP contribution is -2.21. The normalized spacial score (nSPS) is 10.7. The summed E-state index contributed by atoms with van der Waals surface area (Å²) in [4.78, 5) is 25.8. The summed E-state index contributed by atoms with van der Waals surface area (Å²) in [5, 5.41) is 12.6. The number of benzene rings is 2. The number of anilines is 1. The molecule has 3 rings (SSSR count). The molecule has 156 valence electrons. The molecule has 1 aromatic heterocycles. The molecular weight excluding hydrogens is 422 g/mol. The molecule has 9 heteroatoms. The minimum absolute atomic E-state index is 0.0853. The third kappa shape index (κ3) is 5.20. The predicted octanol–water partition coefficient (Wildman–Crippen LogP) is 4.05. The van der Waals surface area contributed by atoms with Crippen LogP contribution in [0.3, 0.4) is 0 Å². The Hall–Kier alpha value is -2.84. The maximum absolute atomic E-state index is 12.4. The van der Waals surface area contributed by atoms with Gasteiger partial charge in [-0.25, -0.2) is 0 Å². The number of thioether (sulfide) groups is 1. The van der Waals surface area contributed by atoms with Gasteiger partial charge in [0.2, 0.25) is 5.91 Å². The first-order chi connectivity index (χ1) is 14.4. The molecule has 0 bridgehead atoms. The fourth-order valence-electron chi connectivity index (χ4n) is 2.80. The Morgan fingerprint density at radius 2 is 1.87 bits per heavy atom. The van der Waals surface area contributed by atoms with Gasteiger partial charge in [-0.1, -0.05) is 35.5 Å². The zero-order chi connectivity index (χ0) is 21.7. The number of nitrogens with one attached hydrogen (secondary N) is 1. The van der Waals surface area contributed by atoms with Crippen molar-refractivity contribution in [2.45, 2.75) is 18.6 Å². The Bertz CT molecular complexity index is 1050. The van der Waals surface area contributed by atoms with Crippen LogP contribution in [0.4, 0.5) is 5.69 Å². The van der Waals surface area contributed by atoms with E-state index < -0.39 is 0 Å². The lowest BCUT2D eigenvalue weighted by Gasteiger charge is -2.11. The SMILES string of the molecule is CCn1c(SCC(=O)Nc2ccc(C(=O)N(C)C)cc2)nnc1-c1cccc(Cl)c1. The van der Waals surface area contributed by atoms with Gasteiger partial charge in [-0.15, -0.1) is 10.2 Å². The van der Waals surface area contributed by atoms with E-state index in [4.69, 9.17) is 11.6 Å². The number of aromatic nitrogens is 3. The quantitative estimate of drug-likeness (QED) is 0.557. The van der Waals surface area contributed by atoms with Crippen molar-refractivity contribution >= 4 is 40.9 Å². The Balaban J connectivity index is 1.63. The van der Waals surface area contributed by atoms with E-state index in [9.17, 15) is 9.59 Å². The number of nitrogens with zero attached hydrogens (tertiary/aromatic N) is 4. The van der Waals surface area contributed by atoms with Gasteiger partial charge in [0, 0.05) is 42.5 Å². The molecule has 0 unspecified atom stereocenters. The first-order valence-corrected chi connectivity index (χ1v) is 10.7. The van der Waals surface area contributed by atoms with Crippen LogP contribution in [0.5, 0.6) is 0 Å². The van der Waals surface area contributed by atoms with Crippen LogP contribution in [0.1, 0.15) is 17.3 Å². The Kier molecular flexibility index (Phi) is 7.12. The first-order valence-electron chi connectivity index (χ1n) is 9.32. The highest BCUT2D eigenvalue weighted by Crippen LogP contribution is 2.26. The van der Waals surface area contributed by atoms with Crippen molar-refractivity contribution in [3.63, 3.8) is 0 Å². The van der Waals surface area contributed by atoms with Crippen LogP contribution < -0.4 is 5.32 Å². The fourth-order valence-corrected chi connectivity index (χ4v) is 3.80. The second kappa shape index (κ2) is 9.77. The summed E-state index contributed by atoms with van der Waals surface area (Å²) in [6.07, 6.45) is 0. The highest BCUT2D eigenvalue weighted by atomic mass is 35.5. The number of rotatable bonds is 7. The van der Waals surface area contributed by atoms with Crippen LogP contribution in [0.25, 0.3) is 11.4 Å². The molecule has 0 aliphatic carbocycles. The van der Waals surface area contributed by atoms with E-state index in [1.807, 2.05) is 29.7 Å². The molecule has 0 fully saturated rings. The van der Waals surface area contributed by atoms with Gasteiger partial charge in [0.05, 0.1) is 5.75 Å². The average molecular weight is 444 g/mol. The molecule has 0 atom stereocenters. The minimum atomic E-state index is -0.165. The molecular formula is C21H22ClN5O2S. The van der Waals surface area contributed by atoms with Gasteiger partial charge in [0.25, 0.3) is 5.91 Å². The molecule has 1 heterocycles. The number of carbonyl (C=O) groups is 2. The van der Waals surface area contributed by atoms with Crippen LogP contribution in [0, 0.1) is 0 Å². The topological polar surface area (TPSA) is 80.1 Å². The van der Waals surface area contributed by atoms with Gasteiger partial charge in [-0.3, -0.25) is 9.59 Å². The molecule has 2 aromatic carbocycles. The van der Waals surface area contributed by atoms with Crippen LogP contribution in [0.2, 0.25) is 5.02 Å². The molecule has 0 aliphatic heterocycles. The maximum atomic E-state index is 12.4. The highest BCUT2D eigenvalue weighted by Gasteiger charge is 2.15. The zero-order valence-corrected chi connectivity index (χ0v) is 18.5. The third-order valence-corrected chi connectivity index (χ3v) is 5.47. The van der Waals surface area contributed by atoms with Crippen molar-refractivity contribution in [2.75, 3.05) is 25.2 Å². The van der Waals surface area contributed by atoms with Crippen LogP contribution >= 0.6 is 23.4 Å². The molecule has 7 nitrogen and oxygen atoms in total. The molecule has 0 saturated heterocycles. The van der Waals surface area contributed by atoms with Gasteiger partial charge >= 0.3 is 0 Å². The van der Waals surface area contributed by atoms with Gasteiger partial charge < -0.3 is 14.8 Å². The van der Waals surface area contributed by atoms with E-state index in [1.165, 1.54) is 16.7 Å². The number of amides is 2. The van der Waals surface area contributed by atoms with Crippen LogP contribution in [-0.2, 0) is 11.3 Å². The first kappa shape index (κ1) is 21.9. The van der Waals surface area contributed by atoms with E-state index in [0.717, 1.165) is 5.56 Å². The molecule has 0 saturated carbocycles. The van der Waals surface area contributed by atoms with Gasteiger partial charge in [-0.2, -0.15) is 0 Å². The van der Waals surface area contributed by atoms with Gasteiger partial charge in [-0.05, 0) is 43.3 Å². The summed E-state index contributed by atoms with van der Waals surface area (Å²) in [6, 6.07) is 14.2. The van der Waals surface area contributed by atoms with E-state index >= 15 is 0 Å². The molecule has 1 N–H and O–H groups in total. The largest absolute Gasteiger partial charge is 0.345 e. The number of carbonyl (C=O) groups excluding carboxylic acids is 2. The number of hydrogen-bond acceptors (Lipinski definition) is 5. The van der Waals surface area contributed by atoms with Crippen molar-refractivity contribution in [3.05, 3.63) is 59.1 Å². The molecule has 3 aromatic rings. The third-order valence-electron chi connectivity index (χ3n) is 4.27. The minimum Gasteiger partial charge on any atom is -0.345 e. The van der Waals surface area contributed by atoms with Crippen molar-refractivity contribution < 1.29 is 9.59 Å². The summed E-state index contributed by atoms with van der Waals surface area (Å²) in [7, 11) is 3.39. The van der Waals surface area contributed by atoms with Gasteiger partial charge in [0.15, 0.2) is 11.0 Å². The summed E-state index contributed by atoms with van der Waals surface area (Å²) in [5.41, 5.74) is 2.07. The molecule has 2 amide bonds. The van der Waals surface area contributed by atoms with Crippen molar-refractivity contribution in [3.8, 4) is 11.4 Å². The van der Waals surface area contributed by atoms with E-state index in [2.05, 4.69) is 15.5 Å². The Labute approximate surface area is 184 Å². The molecule has 30 heavy (non-hydrogen) atoms. The molecule has 0 radical (unpaired) electrons. The van der Waals surface area contributed by atoms with E-state index in [-0.39, 0.29) is 17.6 Å². The number of hydrogen-bond donors (Lipinski definition) is 1. The maximum Gasteiger partial charge on any atom is 0.253 e. The smallest absolute Gasteiger partial charge is 0.253 e. The highest BCUT2D eigenvalue weighted by molar-refractivity contribution is 7.99. The fraction of sp³-hybridized carbons (Fsp3) is 0.238. The predicted molar refractivity (Wildman–Crippen MR) is 120 cm³/mol. The molecule has 0 spiro atoms. The van der Waals surface area contributed by atoms with Crippen LogP contribution in [0.15, 0.2) is 53.7 Å². The van der Waals surface area contributed by atoms with E-state index in [0.29, 0.717) is 33.8 Å². The Morgan fingerprint density at radius 3 is 2.50 bits per heavy atom. The summed E-state index contributed by atoms with van der Waals surface area (Å²) < 4.78 is 1.95. The lowest BCUT2D eigenvalue weighted by molar-refractivity contribution is -0.113. The van der Waals surface area contributed by atoms with E-state index in [1.54, 1.807) is 44.4 Å². The summed E-state index contributed by atoms with van der Waals surface area (Å²) >= 11 is 7.40. The monoisotopic (exact) mass is 443 g/mol. The Morgan fingerprint density at radius 1 is 1.13 bits per heavy atom. The van der Waals surface area contributed by atoms with Crippen molar-refractivity contribution in [1.82, 2.24) is 19.7 Å². The zero-order valence-electron chi connectivity index (χ0n) is 16.9. The molecule has 0 aliphatic rings. The van der Waals surface area contributed by atoms with Crippen molar-refractivity contribution in [2.24, 2.45) is 0 Å². The second-order valence-corrected chi connectivity index (χ2v) is 8.05. The lowest BCUT2D eigenvalue weighted by atomic mass is 10.2. The van der Waals surface area contributed by atoms with Gasteiger partial charge in [0.1, 0.15) is 0 Å². The standard InChI is InChI=1S/C21H22ClN5O2S/c1-4-27-19(15-6-5-7-16(22)12-15)24-25-21(27)30-13-18(28)23-17-10-8-14(9-11-17)20(29)26(2)3/h5-12H,4,13H2,1-3H3,(H,23,28). The summed E-state index contributed by atoms with van der Waals surface area (Å²) in [6.45, 7) is 2.66. The second-order valence-electron chi connectivity index (χ2n) is 6.67. The van der Waals surface area contributed by atoms with Crippen molar-refractivity contribution in [1.29, 1.82) is 0 Å². The number of halogens is 1.